The first-order valence-corrected chi connectivity index (χ1v) is 2.40. The number of nitrogens with one attached hydrogen (secondary N) is 1. The summed E-state index contributed by atoms with van der Waals surface area (Å²) in [4.78, 5) is 9.60. The smallest absolute Gasteiger partial charge is 0.295 e. The molecular weight excluding hydrogens is 106 g/mol. The second-order valence-corrected chi connectivity index (χ2v) is 1.24. The van der Waals surface area contributed by atoms with Gasteiger partial charge < -0.3 is 0 Å². The lowest BCUT2D eigenvalue weighted by molar-refractivity contribution is 0.173. The fourth-order valence-electron chi connectivity index (χ4n) is 0.245. The molecule has 0 bridgehead atoms. The molecule has 0 saturated carbocycles. The van der Waals surface area contributed by atoms with Gasteiger partial charge in [0.05, 0.1) is 0 Å². The molecule has 0 aliphatic carbocycles. The highest BCUT2D eigenvalue weighted by Gasteiger charge is 1.86. The van der Waals surface area contributed by atoms with Gasteiger partial charge in [-0.1, -0.05) is 13.0 Å². The summed E-state index contributed by atoms with van der Waals surface area (Å²) in [6.45, 7) is 1.91. The largest absolute Gasteiger partial charge is 0.454 e. The number of amides is 1. The summed E-state index contributed by atoms with van der Waals surface area (Å²) in [5, 5.41) is 11.6. The van der Waals surface area contributed by atoms with Crippen molar-refractivity contribution in [2.45, 2.75) is 13.3 Å². The predicted octanol–water partition coefficient (Wildman–Crippen LogP) is 1.05. The maximum Gasteiger partial charge on any atom is 0.454 e. The third kappa shape index (κ3) is 5.01. The molecule has 0 fully saturated rings. The highest BCUT2D eigenvalue weighted by molar-refractivity contribution is 5.65. The van der Waals surface area contributed by atoms with Crippen LogP contribution in [0.5, 0.6) is 0 Å². The Balaban J connectivity index is 3.16. The first-order valence-electron chi connectivity index (χ1n) is 2.40. The number of rotatable bonds is 2. The number of hydrogen-bond acceptors (Lipinski definition) is 1. The van der Waals surface area contributed by atoms with Crippen LogP contribution in [0.2, 0.25) is 0 Å². The molecule has 1 radical (unpaired) electrons. The van der Waals surface area contributed by atoms with Crippen molar-refractivity contribution in [3.8, 4) is 0 Å². The summed E-state index contributed by atoms with van der Waals surface area (Å²) in [7, 11) is 0. The zero-order chi connectivity index (χ0) is 6.41. The standard InChI is InChI=1S/C5H8NO2/c1-2-3-4-6-5(7)8/h3-4,6H,2H2,1H3. The topological polar surface area (TPSA) is 49.0 Å². The van der Waals surface area contributed by atoms with Crippen molar-refractivity contribution in [1.29, 1.82) is 0 Å². The van der Waals surface area contributed by atoms with Crippen LogP contribution in [-0.2, 0) is 5.11 Å². The van der Waals surface area contributed by atoms with Gasteiger partial charge in [-0.15, -0.1) is 0 Å². The highest BCUT2D eigenvalue weighted by atomic mass is 16.4. The highest BCUT2D eigenvalue weighted by Crippen LogP contribution is 1.74. The first-order chi connectivity index (χ1) is 3.77. The van der Waals surface area contributed by atoms with Gasteiger partial charge in [-0.2, -0.15) is 0 Å². The van der Waals surface area contributed by atoms with Crippen LogP contribution in [0.1, 0.15) is 13.3 Å². The molecule has 0 aromatic rings. The molecule has 0 aromatic heterocycles. The maximum absolute atomic E-state index is 9.60. The second-order valence-electron chi connectivity index (χ2n) is 1.24. The molecule has 0 rings (SSSR count). The van der Waals surface area contributed by atoms with Crippen molar-refractivity contribution in [1.82, 2.24) is 5.32 Å². The van der Waals surface area contributed by atoms with E-state index < -0.39 is 6.09 Å². The molecule has 0 saturated heterocycles. The Hall–Kier alpha value is -0.990. The fraction of sp³-hybridized carbons (Fsp3) is 0.400. The average Bonchev–Trinajstić information content (AvgIpc) is 1.66. The van der Waals surface area contributed by atoms with Crippen molar-refractivity contribution in [3.63, 3.8) is 0 Å². The molecule has 1 amide bonds. The van der Waals surface area contributed by atoms with Crippen LogP contribution in [0.15, 0.2) is 12.3 Å². The van der Waals surface area contributed by atoms with E-state index in [-0.39, 0.29) is 0 Å². The van der Waals surface area contributed by atoms with Crippen LogP contribution >= 0.6 is 0 Å². The quantitative estimate of drug-likeness (QED) is 0.573. The van der Waals surface area contributed by atoms with E-state index in [0.29, 0.717) is 0 Å². The molecule has 3 heteroatoms. The van der Waals surface area contributed by atoms with E-state index in [4.69, 9.17) is 0 Å². The zero-order valence-electron chi connectivity index (χ0n) is 4.68. The van der Waals surface area contributed by atoms with Crippen LogP contribution in [-0.4, -0.2) is 6.09 Å². The lowest BCUT2D eigenvalue weighted by Crippen LogP contribution is -2.10. The lowest BCUT2D eigenvalue weighted by Gasteiger charge is -1.82. The van der Waals surface area contributed by atoms with Crippen LogP contribution in [0, 0.1) is 0 Å². The third-order valence-electron chi connectivity index (χ3n) is 0.555. The molecule has 8 heavy (non-hydrogen) atoms. The molecule has 0 aromatic carbocycles. The minimum Gasteiger partial charge on any atom is -0.295 e. The molecule has 0 unspecified atom stereocenters. The second kappa shape index (κ2) is 4.18. The predicted molar refractivity (Wildman–Crippen MR) is 28.6 cm³/mol. The van der Waals surface area contributed by atoms with Crippen molar-refractivity contribution < 1.29 is 9.90 Å². The van der Waals surface area contributed by atoms with Gasteiger partial charge in [-0.3, -0.25) is 5.32 Å². The van der Waals surface area contributed by atoms with E-state index in [1.807, 2.05) is 12.2 Å². The van der Waals surface area contributed by atoms with Crippen LogP contribution < -0.4 is 5.32 Å². The van der Waals surface area contributed by atoms with Crippen molar-refractivity contribution >= 4 is 6.09 Å². The number of carbonyl (C=O) groups is 1. The number of hydrogen-bond donors (Lipinski definition) is 1. The van der Waals surface area contributed by atoms with Gasteiger partial charge in [0, 0.05) is 6.20 Å². The number of carbonyl (C=O) groups excluding carboxylic acids is 1. The molecule has 0 spiro atoms. The Bertz CT molecular complexity index is 98.6. The molecule has 0 atom stereocenters. The van der Waals surface area contributed by atoms with Gasteiger partial charge in [-0.25, -0.2) is 9.90 Å². The molecular formula is C5H8NO2. The molecule has 0 aliphatic rings. The average molecular weight is 114 g/mol. The minimum absolute atomic E-state index is 0.820. The Morgan fingerprint density at radius 2 is 2.38 bits per heavy atom. The third-order valence-corrected chi connectivity index (χ3v) is 0.555. The van der Waals surface area contributed by atoms with Crippen LogP contribution in [0.25, 0.3) is 0 Å². The summed E-state index contributed by atoms with van der Waals surface area (Å²) in [6, 6.07) is 0. The van der Waals surface area contributed by atoms with Gasteiger partial charge in [0.1, 0.15) is 0 Å². The molecule has 45 valence electrons. The normalized spacial score (nSPS) is 9.62. The van der Waals surface area contributed by atoms with E-state index in [1.54, 1.807) is 6.08 Å². The van der Waals surface area contributed by atoms with Crippen molar-refractivity contribution in [2.24, 2.45) is 0 Å². The summed E-state index contributed by atoms with van der Waals surface area (Å²) < 4.78 is 0. The van der Waals surface area contributed by atoms with Gasteiger partial charge in [-0.05, 0) is 6.42 Å². The van der Waals surface area contributed by atoms with Crippen LogP contribution in [0.4, 0.5) is 4.79 Å². The summed E-state index contributed by atoms with van der Waals surface area (Å²) in [5.74, 6) is 0. The number of allylic oxidation sites excluding steroid dienone is 1. The van der Waals surface area contributed by atoms with E-state index in [2.05, 4.69) is 0 Å². The van der Waals surface area contributed by atoms with Gasteiger partial charge >= 0.3 is 6.09 Å². The Kier molecular flexibility index (Phi) is 3.66. The van der Waals surface area contributed by atoms with E-state index >= 15 is 0 Å². The van der Waals surface area contributed by atoms with Crippen molar-refractivity contribution in [3.05, 3.63) is 12.3 Å². The Labute approximate surface area is 48.0 Å². The molecule has 0 aliphatic heterocycles. The molecule has 0 heterocycles. The van der Waals surface area contributed by atoms with Crippen molar-refractivity contribution in [2.75, 3.05) is 0 Å². The Morgan fingerprint density at radius 1 is 1.75 bits per heavy atom. The van der Waals surface area contributed by atoms with E-state index in [0.717, 1.165) is 6.42 Å². The summed E-state index contributed by atoms with van der Waals surface area (Å²) >= 11 is 0. The first kappa shape index (κ1) is 7.01. The van der Waals surface area contributed by atoms with Gasteiger partial charge in [0.2, 0.25) is 0 Å². The molecule has 3 nitrogen and oxygen atoms in total. The van der Waals surface area contributed by atoms with E-state index in [1.165, 1.54) is 6.20 Å². The Morgan fingerprint density at radius 3 is 2.75 bits per heavy atom. The maximum atomic E-state index is 9.60. The minimum atomic E-state index is -1.27. The fourth-order valence-corrected chi connectivity index (χ4v) is 0.245. The lowest BCUT2D eigenvalue weighted by atomic mass is 10.5. The zero-order valence-corrected chi connectivity index (χ0v) is 4.68. The van der Waals surface area contributed by atoms with Crippen LogP contribution in [0.3, 0.4) is 0 Å². The molecule has 1 N–H and O–H groups in total. The SMILES string of the molecule is CCC=CNC([O])=O. The summed E-state index contributed by atoms with van der Waals surface area (Å²) in [5.41, 5.74) is 0. The summed E-state index contributed by atoms with van der Waals surface area (Å²) in [6.07, 6.45) is 2.58. The van der Waals surface area contributed by atoms with Gasteiger partial charge in [0.15, 0.2) is 0 Å². The monoisotopic (exact) mass is 114 g/mol. The van der Waals surface area contributed by atoms with Gasteiger partial charge in [0.25, 0.3) is 0 Å². The van der Waals surface area contributed by atoms with E-state index in [9.17, 15) is 9.90 Å².